The summed E-state index contributed by atoms with van der Waals surface area (Å²) in [4.78, 5) is 4.65. The van der Waals surface area contributed by atoms with E-state index in [2.05, 4.69) is 4.98 Å². The molecule has 3 aromatic rings. The number of hydrogen-bond donors (Lipinski definition) is 0. The normalized spacial score (nSPS) is 11.2. The van der Waals surface area contributed by atoms with Crippen LogP contribution in [0.15, 0.2) is 48.5 Å². The molecule has 110 valence electrons. The van der Waals surface area contributed by atoms with Gasteiger partial charge in [0.05, 0.1) is 23.8 Å². The fraction of sp³-hybridized carbons (Fsp3) is 0.111. The first-order valence-corrected chi connectivity index (χ1v) is 7.38. The van der Waals surface area contributed by atoms with Crippen molar-refractivity contribution in [1.29, 1.82) is 0 Å². The van der Waals surface area contributed by atoms with Gasteiger partial charge in [-0.25, -0.2) is 4.98 Å². The monoisotopic (exact) mass is 308 g/mol. The van der Waals surface area contributed by atoms with Crippen molar-refractivity contribution >= 4 is 35.4 Å². The molecule has 0 fully saturated rings. The number of fused-ring (bicyclic) bond motifs is 1. The van der Waals surface area contributed by atoms with Gasteiger partial charge in [-0.1, -0.05) is 42.6 Å². The Morgan fingerprint density at radius 1 is 1.05 bits per heavy atom. The van der Waals surface area contributed by atoms with Crippen LogP contribution in [-0.2, 0) is 7.05 Å². The van der Waals surface area contributed by atoms with E-state index >= 15 is 0 Å². The van der Waals surface area contributed by atoms with Crippen molar-refractivity contribution in [3.05, 3.63) is 64.4 Å². The van der Waals surface area contributed by atoms with Crippen LogP contribution in [0.2, 0.25) is 0 Å². The minimum Gasteiger partial charge on any atom is -0.497 e. The van der Waals surface area contributed by atoms with Crippen molar-refractivity contribution in [2.24, 2.45) is 7.05 Å². The van der Waals surface area contributed by atoms with Crippen molar-refractivity contribution in [2.75, 3.05) is 7.11 Å². The van der Waals surface area contributed by atoms with Gasteiger partial charge in [-0.3, -0.25) is 0 Å². The highest BCUT2D eigenvalue weighted by Crippen LogP contribution is 2.17. The van der Waals surface area contributed by atoms with Crippen molar-refractivity contribution in [3.63, 3.8) is 0 Å². The highest BCUT2D eigenvalue weighted by Gasteiger charge is 2.02. The molecule has 0 radical (unpaired) electrons. The summed E-state index contributed by atoms with van der Waals surface area (Å²) < 4.78 is 7.88. The summed E-state index contributed by atoms with van der Waals surface area (Å²) in [6.07, 6.45) is 3.96. The Hall–Kier alpha value is -2.46. The molecule has 3 nitrogen and oxygen atoms in total. The fourth-order valence-electron chi connectivity index (χ4n) is 2.30. The molecule has 0 aliphatic heterocycles. The number of methoxy groups -OCH3 is 1. The lowest BCUT2D eigenvalue weighted by Crippen LogP contribution is -1.99. The van der Waals surface area contributed by atoms with Crippen LogP contribution in [0.1, 0.15) is 11.3 Å². The fourth-order valence-corrected chi connectivity index (χ4v) is 2.51. The summed E-state index contributed by atoms with van der Waals surface area (Å²) in [5.74, 6) is 0.844. The average Bonchev–Trinajstić information content (AvgIpc) is 2.57. The molecule has 0 amide bonds. The second-order valence-corrected chi connectivity index (χ2v) is 5.34. The minimum absolute atomic E-state index is 0.725. The van der Waals surface area contributed by atoms with Crippen LogP contribution in [0, 0.1) is 4.64 Å². The van der Waals surface area contributed by atoms with E-state index in [9.17, 15) is 0 Å². The van der Waals surface area contributed by atoms with Gasteiger partial charge in [0.1, 0.15) is 10.4 Å². The van der Waals surface area contributed by atoms with Gasteiger partial charge in [-0.15, -0.1) is 0 Å². The van der Waals surface area contributed by atoms with E-state index in [-0.39, 0.29) is 0 Å². The maximum Gasteiger partial charge on any atom is 0.132 e. The summed E-state index contributed by atoms with van der Waals surface area (Å²) in [6, 6.07) is 15.9. The van der Waals surface area contributed by atoms with E-state index in [1.807, 2.05) is 72.3 Å². The molecule has 2 aromatic carbocycles. The third-order valence-electron chi connectivity index (χ3n) is 3.56. The quantitative estimate of drug-likeness (QED) is 0.667. The zero-order valence-electron chi connectivity index (χ0n) is 12.5. The van der Waals surface area contributed by atoms with Crippen molar-refractivity contribution in [2.45, 2.75) is 0 Å². The van der Waals surface area contributed by atoms with Gasteiger partial charge in [0, 0.05) is 7.05 Å². The molecular formula is C18H16N2OS. The third kappa shape index (κ3) is 2.78. The molecular weight excluding hydrogens is 292 g/mol. The predicted octanol–water partition coefficient (Wildman–Crippen LogP) is 4.48. The molecule has 0 bridgehead atoms. The van der Waals surface area contributed by atoms with Gasteiger partial charge in [0.2, 0.25) is 0 Å². The third-order valence-corrected chi connectivity index (χ3v) is 4.04. The number of aryl methyl sites for hydroxylation is 1. The van der Waals surface area contributed by atoms with Crippen LogP contribution < -0.4 is 4.74 Å². The smallest absolute Gasteiger partial charge is 0.132 e. The number of hydrogen-bond acceptors (Lipinski definition) is 3. The topological polar surface area (TPSA) is 27.1 Å². The lowest BCUT2D eigenvalue weighted by molar-refractivity contribution is 0.415. The van der Waals surface area contributed by atoms with Crippen molar-refractivity contribution in [3.8, 4) is 5.75 Å². The second kappa shape index (κ2) is 6.12. The van der Waals surface area contributed by atoms with E-state index < -0.39 is 0 Å². The molecule has 0 unspecified atom stereocenters. The standard InChI is InChI=1S/C18H16N2OS/c1-20-17-6-4-3-5-15(17)19-16(18(20)22)12-9-13-7-10-14(21-2)11-8-13/h3-12H,1-2H3/b12-9-. The lowest BCUT2D eigenvalue weighted by atomic mass is 10.2. The van der Waals surface area contributed by atoms with Crippen molar-refractivity contribution < 1.29 is 4.74 Å². The van der Waals surface area contributed by atoms with Crippen LogP contribution >= 0.6 is 12.2 Å². The molecule has 0 aliphatic carbocycles. The maximum absolute atomic E-state index is 5.50. The predicted molar refractivity (Wildman–Crippen MR) is 93.5 cm³/mol. The minimum atomic E-state index is 0.725. The zero-order valence-corrected chi connectivity index (χ0v) is 13.3. The highest BCUT2D eigenvalue weighted by molar-refractivity contribution is 7.71. The van der Waals surface area contributed by atoms with Crippen molar-refractivity contribution in [1.82, 2.24) is 9.55 Å². The summed E-state index contributed by atoms with van der Waals surface area (Å²) in [5.41, 5.74) is 3.85. The number of ether oxygens (including phenoxy) is 1. The Kier molecular flexibility index (Phi) is 4.02. The van der Waals surface area contributed by atoms with Crippen LogP contribution in [0.4, 0.5) is 0 Å². The van der Waals surface area contributed by atoms with Gasteiger partial charge in [-0.05, 0) is 35.9 Å². The van der Waals surface area contributed by atoms with Crippen LogP contribution in [0.5, 0.6) is 5.75 Å². The van der Waals surface area contributed by atoms with Gasteiger partial charge in [-0.2, -0.15) is 0 Å². The Labute approximate surface area is 134 Å². The Morgan fingerprint density at radius 2 is 1.77 bits per heavy atom. The molecule has 4 heteroatoms. The summed E-state index contributed by atoms with van der Waals surface area (Å²) >= 11 is 5.50. The summed E-state index contributed by atoms with van der Waals surface area (Å²) in [5, 5.41) is 0. The molecule has 0 aliphatic rings. The maximum atomic E-state index is 5.50. The van der Waals surface area contributed by atoms with Crippen LogP contribution in [0.3, 0.4) is 0 Å². The number of aromatic nitrogens is 2. The Balaban J connectivity index is 2.01. The molecule has 0 N–H and O–H groups in total. The largest absolute Gasteiger partial charge is 0.497 e. The number of benzene rings is 2. The highest BCUT2D eigenvalue weighted by atomic mass is 32.1. The number of rotatable bonds is 3. The molecule has 0 saturated heterocycles. The summed E-state index contributed by atoms with van der Waals surface area (Å²) in [6.45, 7) is 0. The van der Waals surface area contributed by atoms with Crippen LogP contribution in [-0.4, -0.2) is 16.7 Å². The SMILES string of the molecule is COc1ccc(/C=C\c2nc3ccccc3n(C)c2=S)cc1. The van der Waals surface area contributed by atoms with E-state index in [0.717, 1.165) is 32.7 Å². The lowest BCUT2D eigenvalue weighted by Gasteiger charge is -2.07. The zero-order chi connectivity index (χ0) is 15.5. The van der Waals surface area contributed by atoms with E-state index in [1.54, 1.807) is 7.11 Å². The van der Waals surface area contributed by atoms with E-state index in [1.165, 1.54) is 0 Å². The number of nitrogens with zero attached hydrogens (tertiary/aromatic N) is 2. The first-order chi connectivity index (χ1) is 10.7. The molecule has 0 spiro atoms. The average molecular weight is 308 g/mol. The van der Waals surface area contributed by atoms with Gasteiger partial charge in [0.25, 0.3) is 0 Å². The first kappa shape index (κ1) is 14.5. The molecule has 1 aromatic heterocycles. The van der Waals surface area contributed by atoms with Crippen LogP contribution in [0.25, 0.3) is 23.2 Å². The molecule has 3 rings (SSSR count). The summed E-state index contributed by atoms with van der Waals surface area (Å²) in [7, 11) is 3.63. The second-order valence-electron chi connectivity index (χ2n) is 4.96. The van der Waals surface area contributed by atoms with E-state index in [0.29, 0.717) is 0 Å². The number of para-hydroxylation sites is 2. The molecule has 0 atom stereocenters. The molecule has 22 heavy (non-hydrogen) atoms. The molecule has 0 saturated carbocycles. The molecule has 1 heterocycles. The van der Waals surface area contributed by atoms with E-state index in [4.69, 9.17) is 17.0 Å². The first-order valence-electron chi connectivity index (χ1n) is 6.97. The Morgan fingerprint density at radius 3 is 2.50 bits per heavy atom. The van der Waals surface area contributed by atoms with Gasteiger partial charge in [0.15, 0.2) is 0 Å². The Bertz CT molecular complexity index is 895. The van der Waals surface area contributed by atoms with Gasteiger partial charge < -0.3 is 9.30 Å². The van der Waals surface area contributed by atoms with Gasteiger partial charge >= 0.3 is 0 Å².